The molecule has 0 unspecified atom stereocenters. The van der Waals surface area contributed by atoms with E-state index in [4.69, 9.17) is 0 Å². The van der Waals surface area contributed by atoms with E-state index in [2.05, 4.69) is 155 Å². The smallest absolute Gasteiger partial charge is 0.102 e. The van der Waals surface area contributed by atoms with Crippen molar-refractivity contribution in [2.45, 2.75) is 0 Å². The van der Waals surface area contributed by atoms with Crippen LogP contribution in [-0.4, -0.2) is 9.13 Å². The third-order valence-electron chi connectivity index (χ3n) is 7.99. The molecule has 0 radical (unpaired) electrons. The Kier molecular flexibility index (Phi) is 4.89. The molecule has 3 heteroatoms. The van der Waals surface area contributed by atoms with Crippen molar-refractivity contribution in [2.24, 2.45) is 0 Å². The lowest BCUT2D eigenvalue weighted by atomic mass is 9.96. The van der Waals surface area contributed by atoms with Crippen LogP contribution in [0.15, 0.2) is 140 Å². The summed E-state index contributed by atoms with van der Waals surface area (Å²) in [5, 5.41) is 15.5. The van der Waals surface area contributed by atoms with Gasteiger partial charge in [-0.2, -0.15) is 5.26 Å². The van der Waals surface area contributed by atoms with Gasteiger partial charge in [-0.3, -0.25) is 0 Å². The number of hydrogen-bond acceptors (Lipinski definition) is 1. The van der Waals surface area contributed by atoms with Crippen molar-refractivity contribution in [3.63, 3.8) is 0 Å². The second-order valence-electron chi connectivity index (χ2n) is 10.1. The maximum absolute atomic E-state index is 10.7. The number of fused-ring (bicyclic) bond motifs is 6. The zero-order chi connectivity index (χ0) is 26.6. The lowest BCUT2D eigenvalue weighted by Crippen LogP contribution is -2.02. The van der Waals surface area contributed by atoms with Crippen molar-refractivity contribution in [1.29, 1.82) is 5.26 Å². The molecule has 3 nitrogen and oxygen atoms in total. The van der Waals surface area contributed by atoms with Crippen LogP contribution in [-0.2, 0) is 0 Å². The third kappa shape index (κ3) is 3.11. The van der Waals surface area contributed by atoms with E-state index in [1.807, 2.05) is 0 Å². The Hall–Kier alpha value is -5.59. The topological polar surface area (TPSA) is 33.6 Å². The first-order valence-corrected chi connectivity index (χ1v) is 13.4. The molecule has 0 saturated heterocycles. The van der Waals surface area contributed by atoms with E-state index in [1.165, 1.54) is 21.5 Å². The molecule has 0 spiro atoms. The van der Waals surface area contributed by atoms with Gasteiger partial charge in [0.15, 0.2) is 0 Å². The minimum atomic E-state index is 0.655. The maximum atomic E-state index is 10.7. The van der Waals surface area contributed by atoms with Crippen molar-refractivity contribution in [2.75, 3.05) is 0 Å². The lowest BCUT2D eigenvalue weighted by molar-refractivity contribution is 1.16. The molecule has 0 N–H and O–H groups in total. The van der Waals surface area contributed by atoms with Crippen molar-refractivity contribution >= 4 is 43.6 Å². The molecule has 8 rings (SSSR count). The zero-order valence-electron chi connectivity index (χ0n) is 21.6. The summed E-state index contributed by atoms with van der Waals surface area (Å²) >= 11 is 0. The van der Waals surface area contributed by atoms with Gasteiger partial charge >= 0.3 is 0 Å². The Morgan fingerprint density at radius 2 is 0.750 bits per heavy atom. The molecule has 0 bridgehead atoms. The van der Waals surface area contributed by atoms with Crippen molar-refractivity contribution < 1.29 is 0 Å². The number of nitrogens with zero attached hydrogens (tertiary/aromatic N) is 3. The first-order chi connectivity index (χ1) is 19.8. The Bertz CT molecular complexity index is 2180. The first-order valence-electron chi connectivity index (χ1n) is 13.4. The Balaban J connectivity index is 1.45. The third-order valence-corrected chi connectivity index (χ3v) is 7.99. The molecule has 0 saturated carbocycles. The quantitative estimate of drug-likeness (QED) is 0.233. The predicted octanol–water partition coefficient (Wildman–Crippen LogP) is 9.42. The summed E-state index contributed by atoms with van der Waals surface area (Å²) in [6.07, 6.45) is 0. The second-order valence-corrected chi connectivity index (χ2v) is 10.1. The molecule has 2 heterocycles. The summed E-state index contributed by atoms with van der Waals surface area (Å²) in [6, 6.07) is 51.1. The van der Waals surface area contributed by atoms with Crippen LogP contribution in [0.5, 0.6) is 0 Å². The monoisotopic (exact) mass is 509 g/mol. The highest BCUT2D eigenvalue weighted by molar-refractivity contribution is 6.11. The highest BCUT2D eigenvalue weighted by Gasteiger charge is 2.20. The van der Waals surface area contributed by atoms with Crippen LogP contribution in [0.2, 0.25) is 0 Å². The molecule has 2 aromatic heterocycles. The Morgan fingerprint density at radius 3 is 1.25 bits per heavy atom. The second kappa shape index (κ2) is 8.73. The first kappa shape index (κ1) is 22.4. The summed E-state index contributed by atoms with van der Waals surface area (Å²) in [6.45, 7) is 0. The molecule has 0 atom stereocenters. The standard InChI is InChI=1S/C37H23N3/c38-24-31-25(17-11-23-37(31)40-35-21-9-4-15-29(35)30-16-5-10-22-36(30)40)26-12-1-6-18-32(26)39-33-19-7-2-13-27(33)28-14-3-8-20-34(28)39/h1-23H. The van der Waals surface area contributed by atoms with Crippen LogP contribution in [0, 0.1) is 11.3 Å². The molecule has 186 valence electrons. The fourth-order valence-corrected chi connectivity index (χ4v) is 6.33. The normalized spacial score (nSPS) is 11.5. The average molecular weight is 510 g/mol. The predicted molar refractivity (Wildman–Crippen MR) is 165 cm³/mol. The van der Waals surface area contributed by atoms with Crippen molar-refractivity contribution in [1.82, 2.24) is 9.13 Å². The molecule has 0 aliphatic heterocycles. The van der Waals surface area contributed by atoms with Crippen LogP contribution in [0.1, 0.15) is 5.56 Å². The van der Waals surface area contributed by atoms with Crippen LogP contribution in [0.4, 0.5) is 0 Å². The van der Waals surface area contributed by atoms with Crippen molar-refractivity contribution in [3.8, 4) is 28.6 Å². The largest absolute Gasteiger partial charge is 0.309 e. The minimum absolute atomic E-state index is 0.655. The van der Waals surface area contributed by atoms with E-state index in [0.29, 0.717) is 5.56 Å². The number of rotatable bonds is 3. The van der Waals surface area contributed by atoms with Gasteiger partial charge < -0.3 is 9.13 Å². The van der Waals surface area contributed by atoms with Gasteiger partial charge in [0.2, 0.25) is 0 Å². The van der Waals surface area contributed by atoms with E-state index in [0.717, 1.165) is 44.6 Å². The lowest BCUT2D eigenvalue weighted by Gasteiger charge is -2.17. The van der Waals surface area contributed by atoms with Gasteiger partial charge in [0.1, 0.15) is 6.07 Å². The Morgan fingerprint density at radius 1 is 0.375 bits per heavy atom. The molecule has 0 amide bonds. The van der Waals surface area contributed by atoms with Crippen molar-refractivity contribution in [3.05, 3.63) is 145 Å². The van der Waals surface area contributed by atoms with E-state index >= 15 is 0 Å². The number of nitriles is 1. The molecule has 0 aliphatic rings. The fourth-order valence-electron chi connectivity index (χ4n) is 6.33. The summed E-state index contributed by atoms with van der Waals surface area (Å²) < 4.78 is 4.56. The number of aromatic nitrogens is 2. The van der Waals surface area contributed by atoms with Gasteiger partial charge in [0.25, 0.3) is 0 Å². The van der Waals surface area contributed by atoms with Gasteiger partial charge in [-0.25, -0.2) is 0 Å². The average Bonchev–Trinajstić information content (AvgIpc) is 3.54. The van der Waals surface area contributed by atoms with Gasteiger partial charge in [-0.05, 0) is 36.4 Å². The molecule has 6 aromatic carbocycles. The maximum Gasteiger partial charge on any atom is 0.102 e. The van der Waals surface area contributed by atoms with E-state index in [9.17, 15) is 5.26 Å². The van der Waals surface area contributed by atoms with E-state index in [1.54, 1.807) is 0 Å². The number of benzene rings is 6. The van der Waals surface area contributed by atoms with Gasteiger partial charge in [0, 0.05) is 32.7 Å². The van der Waals surface area contributed by atoms with Gasteiger partial charge in [0.05, 0.1) is 39.0 Å². The van der Waals surface area contributed by atoms with Gasteiger partial charge in [-0.15, -0.1) is 0 Å². The SMILES string of the molecule is N#Cc1c(-c2ccccc2-n2c3ccccc3c3ccccc32)cccc1-n1c2ccccc2c2ccccc21. The molecular formula is C37H23N3. The van der Waals surface area contributed by atoms with Crippen LogP contribution >= 0.6 is 0 Å². The molecule has 40 heavy (non-hydrogen) atoms. The summed E-state index contributed by atoms with van der Waals surface area (Å²) in [4.78, 5) is 0. The molecule has 0 aliphatic carbocycles. The summed E-state index contributed by atoms with van der Waals surface area (Å²) in [5.74, 6) is 0. The van der Waals surface area contributed by atoms with Gasteiger partial charge in [-0.1, -0.05) is 103 Å². The van der Waals surface area contributed by atoms with Crippen LogP contribution in [0.25, 0.3) is 66.1 Å². The molecular weight excluding hydrogens is 486 g/mol. The summed E-state index contributed by atoms with van der Waals surface area (Å²) in [7, 11) is 0. The Labute approximate surface area is 231 Å². The highest BCUT2D eigenvalue weighted by atomic mass is 15.0. The minimum Gasteiger partial charge on any atom is -0.309 e. The van der Waals surface area contributed by atoms with E-state index in [-0.39, 0.29) is 0 Å². The molecule has 0 fully saturated rings. The summed E-state index contributed by atoms with van der Waals surface area (Å²) in [5.41, 5.74) is 9.00. The zero-order valence-corrected chi connectivity index (χ0v) is 21.6. The van der Waals surface area contributed by atoms with Crippen LogP contribution < -0.4 is 0 Å². The molecule has 8 aromatic rings. The highest BCUT2D eigenvalue weighted by Crippen LogP contribution is 2.39. The van der Waals surface area contributed by atoms with Crippen LogP contribution in [0.3, 0.4) is 0 Å². The fraction of sp³-hybridized carbons (Fsp3) is 0. The number of para-hydroxylation sites is 5. The van der Waals surface area contributed by atoms with E-state index < -0.39 is 0 Å². The number of hydrogen-bond donors (Lipinski definition) is 0.